The second kappa shape index (κ2) is 7.48. The summed E-state index contributed by atoms with van der Waals surface area (Å²) in [6.07, 6.45) is 0. The van der Waals surface area contributed by atoms with Crippen molar-refractivity contribution >= 4 is 11.6 Å². The third kappa shape index (κ3) is 3.95. The molecule has 1 heterocycles. The molecule has 0 aromatic heterocycles. The minimum Gasteiger partial charge on any atom is -0.298 e. The molecule has 23 heavy (non-hydrogen) atoms. The summed E-state index contributed by atoms with van der Waals surface area (Å²) in [5.74, 6) is 0. The van der Waals surface area contributed by atoms with Gasteiger partial charge in [-0.1, -0.05) is 54.1 Å². The summed E-state index contributed by atoms with van der Waals surface area (Å²) >= 11 is 6.08. The molecule has 0 N–H and O–H groups in total. The molecule has 0 aliphatic carbocycles. The monoisotopic (exact) mass is 328 g/mol. The van der Waals surface area contributed by atoms with E-state index in [0.717, 1.165) is 31.2 Å². The summed E-state index contributed by atoms with van der Waals surface area (Å²) in [5.41, 5.74) is 2.67. The van der Waals surface area contributed by atoms with Crippen LogP contribution in [0.4, 0.5) is 0 Å². The summed E-state index contributed by atoms with van der Waals surface area (Å²) in [6, 6.07) is 20.1. The van der Waals surface area contributed by atoms with Gasteiger partial charge >= 0.3 is 0 Å². The second-order valence-corrected chi connectivity index (χ2v) is 6.97. The van der Waals surface area contributed by atoms with E-state index in [1.165, 1.54) is 11.1 Å². The molecule has 1 aliphatic rings. The van der Waals surface area contributed by atoms with E-state index in [1.54, 1.807) is 0 Å². The van der Waals surface area contributed by atoms with Crippen molar-refractivity contribution in [3.8, 4) is 0 Å². The number of rotatable bonds is 4. The predicted octanol–water partition coefficient (Wildman–Crippen LogP) is 4.46. The summed E-state index contributed by atoms with van der Waals surface area (Å²) in [4.78, 5) is 5.15. The summed E-state index contributed by atoms with van der Waals surface area (Å²) in [5, 5.41) is 0.796. The molecule has 1 unspecified atom stereocenters. The van der Waals surface area contributed by atoms with Crippen molar-refractivity contribution in [3.63, 3.8) is 0 Å². The maximum Gasteiger partial charge on any atom is 0.0602 e. The lowest BCUT2D eigenvalue weighted by atomic mass is 9.96. The molecule has 0 spiro atoms. The fourth-order valence-electron chi connectivity index (χ4n) is 3.41. The molecular formula is C20H25ClN2. The highest BCUT2D eigenvalue weighted by Gasteiger charge is 2.27. The van der Waals surface area contributed by atoms with Gasteiger partial charge in [0.1, 0.15) is 0 Å². The van der Waals surface area contributed by atoms with Crippen molar-refractivity contribution in [1.82, 2.24) is 9.80 Å². The van der Waals surface area contributed by atoms with Crippen LogP contribution >= 0.6 is 11.6 Å². The van der Waals surface area contributed by atoms with Gasteiger partial charge in [-0.2, -0.15) is 0 Å². The van der Waals surface area contributed by atoms with Gasteiger partial charge in [0.2, 0.25) is 0 Å². The number of benzene rings is 2. The van der Waals surface area contributed by atoms with E-state index in [0.29, 0.717) is 12.1 Å². The maximum atomic E-state index is 6.08. The van der Waals surface area contributed by atoms with Gasteiger partial charge < -0.3 is 0 Å². The molecule has 1 atom stereocenters. The van der Waals surface area contributed by atoms with Gasteiger partial charge in [0.25, 0.3) is 0 Å². The van der Waals surface area contributed by atoms with E-state index in [4.69, 9.17) is 11.6 Å². The highest BCUT2D eigenvalue weighted by atomic mass is 35.5. The predicted molar refractivity (Wildman–Crippen MR) is 98.0 cm³/mol. The summed E-state index contributed by atoms with van der Waals surface area (Å²) < 4.78 is 0. The SMILES string of the molecule is CC(C)N1CCN(C(c2ccccc2)c2ccc(Cl)cc2)CC1. The highest BCUT2D eigenvalue weighted by Crippen LogP contribution is 2.30. The standard InChI is InChI=1S/C20H25ClN2/c1-16(2)22-12-14-23(15-13-22)20(17-6-4-3-5-7-17)18-8-10-19(21)11-9-18/h3-11,16,20H,12-15H2,1-2H3. The molecule has 0 amide bonds. The van der Waals surface area contributed by atoms with Crippen LogP contribution < -0.4 is 0 Å². The Morgan fingerprint density at radius 3 is 1.83 bits per heavy atom. The van der Waals surface area contributed by atoms with Crippen LogP contribution in [0.5, 0.6) is 0 Å². The van der Waals surface area contributed by atoms with Gasteiger partial charge in [-0.25, -0.2) is 0 Å². The van der Waals surface area contributed by atoms with Gasteiger partial charge in [-0.05, 0) is 37.1 Å². The van der Waals surface area contributed by atoms with Crippen molar-refractivity contribution in [3.05, 3.63) is 70.7 Å². The molecule has 3 rings (SSSR count). The Kier molecular flexibility index (Phi) is 5.37. The molecule has 3 heteroatoms. The lowest BCUT2D eigenvalue weighted by molar-refractivity contribution is 0.0893. The smallest absolute Gasteiger partial charge is 0.0602 e. The average molecular weight is 329 g/mol. The lowest BCUT2D eigenvalue weighted by Gasteiger charge is -2.41. The first-order valence-corrected chi connectivity index (χ1v) is 8.81. The fraction of sp³-hybridized carbons (Fsp3) is 0.400. The Morgan fingerprint density at radius 1 is 0.739 bits per heavy atom. The van der Waals surface area contributed by atoms with E-state index in [1.807, 2.05) is 12.1 Å². The average Bonchev–Trinajstić information content (AvgIpc) is 2.58. The van der Waals surface area contributed by atoms with Crippen LogP contribution in [0.1, 0.15) is 31.0 Å². The second-order valence-electron chi connectivity index (χ2n) is 6.53. The van der Waals surface area contributed by atoms with Gasteiger partial charge in [0.15, 0.2) is 0 Å². The molecule has 0 saturated carbocycles. The zero-order chi connectivity index (χ0) is 16.2. The van der Waals surface area contributed by atoms with E-state index >= 15 is 0 Å². The van der Waals surface area contributed by atoms with Crippen molar-refractivity contribution in [2.75, 3.05) is 26.2 Å². The van der Waals surface area contributed by atoms with Crippen LogP contribution in [0.25, 0.3) is 0 Å². The van der Waals surface area contributed by atoms with Crippen LogP contribution in [0.2, 0.25) is 5.02 Å². The quantitative estimate of drug-likeness (QED) is 0.817. The first-order valence-electron chi connectivity index (χ1n) is 8.43. The fourth-order valence-corrected chi connectivity index (χ4v) is 3.53. The third-order valence-corrected chi connectivity index (χ3v) is 5.00. The van der Waals surface area contributed by atoms with E-state index in [9.17, 15) is 0 Å². The first kappa shape index (κ1) is 16.5. The largest absolute Gasteiger partial charge is 0.298 e. The van der Waals surface area contributed by atoms with Crippen LogP contribution in [0.3, 0.4) is 0 Å². The molecule has 2 aromatic rings. The van der Waals surface area contributed by atoms with Crippen LogP contribution in [-0.4, -0.2) is 42.0 Å². The zero-order valence-corrected chi connectivity index (χ0v) is 14.7. The first-order chi connectivity index (χ1) is 11.1. The highest BCUT2D eigenvalue weighted by molar-refractivity contribution is 6.30. The lowest BCUT2D eigenvalue weighted by Crippen LogP contribution is -2.49. The van der Waals surface area contributed by atoms with Crippen LogP contribution in [-0.2, 0) is 0 Å². The minimum atomic E-state index is 0.308. The number of nitrogens with zero attached hydrogens (tertiary/aromatic N) is 2. The molecular weight excluding hydrogens is 304 g/mol. The Bertz CT molecular complexity index is 601. The van der Waals surface area contributed by atoms with Gasteiger partial charge in [-0.15, -0.1) is 0 Å². The normalized spacial score (nSPS) is 18.3. The van der Waals surface area contributed by atoms with E-state index < -0.39 is 0 Å². The molecule has 1 saturated heterocycles. The molecule has 0 bridgehead atoms. The van der Waals surface area contributed by atoms with E-state index in [2.05, 4.69) is 66.1 Å². The van der Waals surface area contributed by atoms with Crippen LogP contribution in [0, 0.1) is 0 Å². The Labute approximate surface area is 144 Å². The topological polar surface area (TPSA) is 6.48 Å². The van der Waals surface area contributed by atoms with Crippen LogP contribution in [0.15, 0.2) is 54.6 Å². The summed E-state index contributed by atoms with van der Waals surface area (Å²) in [6.45, 7) is 9.02. The Hall–Kier alpha value is -1.35. The molecule has 2 nitrogen and oxygen atoms in total. The van der Waals surface area contributed by atoms with Crippen molar-refractivity contribution in [2.45, 2.75) is 25.9 Å². The Morgan fingerprint density at radius 2 is 1.26 bits per heavy atom. The molecule has 122 valence electrons. The van der Waals surface area contributed by atoms with Crippen molar-refractivity contribution in [2.24, 2.45) is 0 Å². The minimum absolute atomic E-state index is 0.308. The third-order valence-electron chi connectivity index (χ3n) is 4.75. The molecule has 1 aliphatic heterocycles. The molecule has 2 aromatic carbocycles. The van der Waals surface area contributed by atoms with Gasteiger partial charge in [0.05, 0.1) is 6.04 Å². The van der Waals surface area contributed by atoms with Gasteiger partial charge in [0, 0.05) is 37.2 Å². The van der Waals surface area contributed by atoms with E-state index in [-0.39, 0.29) is 0 Å². The number of halogens is 1. The number of hydrogen-bond donors (Lipinski definition) is 0. The van der Waals surface area contributed by atoms with Crippen molar-refractivity contribution < 1.29 is 0 Å². The zero-order valence-electron chi connectivity index (χ0n) is 14.0. The van der Waals surface area contributed by atoms with Crippen molar-refractivity contribution in [1.29, 1.82) is 0 Å². The number of hydrogen-bond acceptors (Lipinski definition) is 2. The summed E-state index contributed by atoms with van der Waals surface area (Å²) in [7, 11) is 0. The Balaban J connectivity index is 1.86. The number of piperazine rings is 1. The molecule has 1 fully saturated rings. The molecule has 0 radical (unpaired) electrons. The maximum absolute atomic E-state index is 6.08. The van der Waals surface area contributed by atoms with Gasteiger partial charge in [-0.3, -0.25) is 9.80 Å².